The summed E-state index contributed by atoms with van der Waals surface area (Å²) in [5.74, 6) is -1.54. The molecule has 0 saturated heterocycles. The van der Waals surface area contributed by atoms with E-state index in [2.05, 4.69) is 14.3 Å². The van der Waals surface area contributed by atoms with Gasteiger partial charge in [0.2, 0.25) is 12.9 Å². The Bertz CT molecular complexity index is 1000. The number of carbonyl (C=O) groups is 2. The molecule has 1 aliphatic rings. The fourth-order valence-electron chi connectivity index (χ4n) is 2.97. The van der Waals surface area contributed by atoms with E-state index in [0.29, 0.717) is 5.56 Å². The molecule has 0 fully saturated rings. The van der Waals surface area contributed by atoms with E-state index in [4.69, 9.17) is 21.1 Å². The molecule has 1 aromatic rings. The van der Waals surface area contributed by atoms with E-state index < -0.39 is 53.4 Å². The largest absolute Gasteiger partial charge is 0.511 e. The normalized spacial score (nSPS) is 16.2. The quantitative estimate of drug-likeness (QED) is 0.200. The lowest BCUT2D eigenvalue weighted by Gasteiger charge is -2.30. The molecule has 35 heavy (non-hydrogen) atoms. The van der Waals surface area contributed by atoms with Gasteiger partial charge in [-0.1, -0.05) is 32.4 Å². The van der Waals surface area contributed by atoms with Crippen LogP contribution in [0.4, 0.5) is 18.0 Å². The Kier molecular flexibility index (Phi) is 8.82. The molecule has 0 N–H and O–H groups in total. The number of halogens is 4. The van der Waals surface area contributed by atoms with Crippen LogP contribution in [0.25, 0.3) is 6.08 Å². The maximum absolute atomic E-state index is 13.6. The molecule has 0 bridgehead atoms. The molecule has 194 valence electrons. The molecule has 0 aromatic heterocycles. The van der Waals surface area contributed by atoms with Crippen molar-refractivity contribution in [2.24, 2.45) is 0 Å². The van der Waals surface area contributed by atoms with Crippen molar-refractivity contribution in [2.45, 2.75) is 57.9 Å². The third kappa shape index (κ3) is 7.91. The average Bonchev–Trinajstić information content (AvgIpc) is 2.70. The van der Waals surface area contributed by atoms with Gasteiger partial charge in [-0.2, -0.15) is 13.2 Å². The number of carbonyl (C=O) groups excluding carboxylic acids is 2. The molecule has 1 aromatic carbocycles. The Morgan fingerprint density at radius 1 is 1.23 bits per heavy atom. The SMILES string of the molecule is C[C@@H](CCO[N+](=O)[O-])OC(=O)OCOC(=O)C1=Cc2cc(Cl)c(C(C)(C)C)cc2OC1C(F)(F)F. The van der Waals surface area contributed by atoms with Crippen LogP contribution in [0.1, 0.15) is 45.2 Å². The van der Waals surface area contributed by atoms with Crippen LogP contribution in [0.3, 0.4) is 0 Å². The summed E-state index contributed by atoms with van der Waals surface area (Å²) < 4.78 is 60.0. The number of alkyl halides is 3. The smallest absolute Gasteiger partial charge is 0.475 e. The minimum Gasteiger partial charge on any atom is -0.475 e. The first-order valence-corrected chi connectivity index (χ1v) is 10.5. The molecule has 1 aliphatic heterocycles. The molecule has 2 atom stereocenters. The molecule has 2 rings (SSSR count). The average molecular weight is 526 g/mol. The van der Waals surface area contributed by atoms with Crippen LogP contribution in [-0.2, 0) is 29.3 Å². The molecule has 1 unspecified atom stereocenters. The van der Waals surface area contributed by atoms with Crippen LogP contribution in [0.5, 0.6) is 5.75 Å². The fourth-order valence-corrected chi connectivity index (χ4v) is 3.42. The highest BCUT2D eigenvalue weighted by Crippen LogP contribution is 2.42. The highest BCUT2D eigenvalue weighted by atomic mass is 35.5. The van der Waals surface area contributed by atoms with Gasteiger partial charge in [0.1, 0.15) is 11.9 Å². The van der Waals surface area contributed by atoms with E-state index in [1.807, 2.05) is 20.8 Å². The van der Waals surface area contributed by atoms with E-state index >= 15 is 0 Å². The minimum atomic E-state index is -4.95. The maximum atomic E-state index is 13.6. The Balaban J connectivity index is 2.08. The lowest BCUT2D eigenvalue weighted by atomic mass is 9.85. The minimum absolute atomic E-state index is 0.0355. The molecular weight excluding hydrogens is 503 g/mol. The van der Waals surface area contributed by atoms with Crippen LogP contribution >= 0.6 is 11.6 Å². The second-order valence-electron chi connectivity index (χ2n) is 8.48. The number of esters is 1. The van der Waals surface area contributed by atoms with Crippen molar-refractivity contribution < 1.29 is 51.6 Å². The van der Waals surface area contributed by atoms with Crippen LogP contribution in [0.15, 0.2) is 17.7 Å². The van der Waals surface area contributed by atoms with Crippen molar-refractivity contribution in [3.05, 3.63) is 44.0 Å². The summed E-state index contributed by atoms with van der Waals surface area (Å²) in [4.78, 5) is 38.1. The van der Waals surface area contributed by atoms with Gasteiger partial charge >= 0.3 is 18.3 Å². The molecule has 14 heteroatoms. The molecule has 0 amide bonds. The van der Waals surface area contributed by atoms with Crippen LogP contribution in [0.2, 0.25) is 5.02 Å². The van der Waals surface area contributed by atoms with Crippen molar-refractivity contribution in [3.63, 3.8) is 0 Å². The predicted molar refractivity (Wildman–Crippen MR) is 114 cm³/mol. The van der Waals surface area contributed by atoms with Crippen molar-refractivity contribution in [1.82, 2.24) is 0 Å². The summed E-state index contributed by atoms with van der Waals surface area (Å²) >= 11 is 6.27. The molecule has 0 spiro atoms. The Morgan fingerprint density at radius 2 is 1.89 bits per heavy atom. The summed E-state index contributed by atoms with van der Waals surface area (Å²) in [6, 6.07) is 2.78. The molecular formula is C21H23ClF3NO9. The third-order valence-electron chi connectivity index (χ3n) is 4.66. The van der Waals surface area contributed by atoms with E-state index in [9.17, 15) is 32.9 Å². The predicted octanol–water partition coefficient (Wildman–Crippen LogP) is 4.99. The van der Waals surface area contributed by atoms with Crippen molar-refractivity contribution in [2.75, 3.05) is 13.4 Å². The first-order valence-electron chi connectivity index (χ1n) is 10.2. The lowest BCUT2D eigenvalue weighted by molar-refractivity contribution is -0.758. The lowest BCUT2D eigenvalue weighted by Crippen LogP contribution is -2.41. The number of rotatable bonds is 8. The molecule has 0 saturated carbocycles. The van der Waals surface area contributed by atoms with Gasteiger partial charge in [0.15, 0.2) is 0 Å². The van der Waals surface area contributed by atoms with Crippen molar-refractivity contribution in [1.29, 1.82) is 0 Å². The summed E-state index contributed by atoms with van der Waals surface area (Å²) in [5.41, 5.74) is -0.646. The molecule has 10 nitrogen and oxygen atoms in total. The monoisotopic (exact) mass is 525 g/mol. The molecule has 0 radical (unpaired) electrons. The van der Waals surface area contributed by atoms with Crippen LogP contribution in [-0.4, -0.2) is 49.0 Å². The maximum Gasteiger partial charge on any atom is 0.511 e. The van der Waals surface area contributed by atoms with Crippen molar-refractivity contribution >= 4 is 29.8 Å². The number of benzene rings is 1. The fraction of sp³-hybridized carbons (Fsp3) is 0.524. The topological polar surface area (TPSA) is 123 Å². The Hall–Kier alpha value is -3.22. The number of ether oxygens (including phenoxy) is 4. The van der Waals surface area contributed by atoms with Gasteiger partial charge < -0.3 is 23.8 Å². The first kappa shape index (κ1) is 28.0. The second kappa shape index (κ2) is 11.0. The van der Waals surface area contributed by atoms with Gasteiger partial charge in [0.05, 0.1) is 12.2 Å². The Morgan fingerprint density at radius 3 is 2.46 bits per heavy atom. The summed E-state index contributed by atoms with van der Waals surface area (Å²) in [7, 11) is 0. The zero-order chi connectivity index (χ0) is 26.6. The molecule has 0 aliphatic carbocycles. The van der Waals surface area contributed by atoms with E-state index in [0.717, 1.165) is 6.08 Å². The second-order valence-corrected chi connectivity index (χ2v) is 8.88. The van der Waals surface area contributed by atoms with Crippen LogP contribution in [0, 0.1) is 10.1 Å². The first-order chi connectivity index (χ1) is 16.1. The van der Waals surface area contributed by atoms with E-state index in [1.54, 1.807) is 0 Å². The number of hydrogen-bond acceptors (Lipinski definition) is 9. The zero-order valence-electron chi connectivity index (χ0n) is 19.1. The van der Waals surface area contributed by atoms with E-state index in [1.165, 1.54) is 19.1 Å². The van der Waals surface area contributed by atoms with Gasteiger partial charge in [0.25, 0.3) is 5.09 Å². The number of hydrogen-bond donors (Lipinski definition) is 0. The van der Waals surface area contributed by atoms with Gasteiger partial charge in [-0.3, -0.25) is 0 Å². The van der Waals surface area contributed by atoms with Crippen LogP contribution < -0.4 is 4.74 Å². The summed E-state index contributed by atoms with van der Waals surface area (Å²) in [6.07, 6.45) is -8.81. The standard InChI is InChI=1S/C21H23ClF3NO9/c1-11(5-6-33-26(29)30)34-19(28)32-10-31-18(27)13-7-12-8-15(22)14(20(2,3)4)9-16(12)35-17(13)21(23,24)25/h7-9,11,17H,5-6,10H2,1-4H3/t11-,17?/m0/s1. The van der Waals surface area contributed by atoms with E-state index in [-0.39, 0.29) is 29.4 Å². The van der Waals surface area contributed by atoms with Gasteiger partial charge in [-0.05, 0) is 36.1 Å². The Labute approximate surface area is 203 Å². The number of fused-ring (bicyclic) bond motifs is 1. The van der Waals surface area contributed by atoms with Gasteiger partial charge in [-0.15, -0.1) is 10.1 Å². The molecule has 1 heterocycles. The number of nitrogens with zero attached hydrogens (tertiary/aromatic N) is 1. The van der Waals surface area contributed by atoms with Crippen molar-refractivity contribution in [3.8, 4) is 5.75 Å². The zero-order valence-corrected chi connectivity index (χ0v) is 19.9. The van der Waals surface area contributed by atoms with Gasteiger partial charge in [0, 0.05) is 17.0 Å². The highest BCUT2D eigenvalue weighted by molar-refractivity contribution is 6.31. The highest BCUT2D eigenvalue weighted by Gasteiger charge is 2.49. The summed E-state index contributed by atoms with van der Waals surface area (Å²) in [6.45, 7) is 5.49. The summed E-state index contributed by atoms with van der Waals surface area (Å²) in [5, 5.41) is 9.34. The third-order valence-corrected chi connectivity index (χ3v) is 4.98. The van der Waals surface area contributed by atoms with Gasteiger partial charge in [-0.25, -0.2) is 9.59 Å².